The van der Waals surface area contributed by atoms with Crippen molar-refractivity contribution in [2.75, 3.05) is 0 Å². The van der Waals surface area contributed by atoms with Crippen LogP contribution in [0, 0.1) is 0 Å². The SMILES string of the molecule is CC(Cc1c(C(C)(C)C)cccc1C(C)(C)C)c1ccc(C(C)(C)C)c(C(C)(C)C)c1. The van der Waals surface area contributed by atoms with Gasteiger partial charge in [0, 0.05) is 0 Å². The molecular weight excluding hydrogens is 372 g/mol. The van der Waals surface area contributed by atoms with Crippen LogP contribution in [0.15, 0.2) is 36.4 Å². The van der Waals surface area contributed by atoms with E-state index in [2.05, 4.69) is 126 Å². The molecular formula is C31H48. The highest BCUT2D eigenvalue weighted by Gasteiger charge is 2.28. The third-order valence-corrected chi connectivity index (χ3v) is 6.53. The number of benzene rings is 2. The van der Waals surface area contributed by atoms with Gasteiger partial charge in [0.2, 0.25) is 0 Å². The summed E-state index contributed by atoms with van der Waals surface area (Å²) in [6.07, 6.45) is 1.08. The van der Waals surface area contributed by atoms with Gasteiger partial charge in [-0.05, 0) is 67.4 Å². The van der Waals surface area contributed by atoms with E-state index in [1.165, 1.54) is 27.8 Å². The third-order valence-electron chi connectivity index (χ3n) is 6.53. The van der Waals surface area contributed by atoms with Crippen molar-refractivity contribution in [1.82, 2.24) is 0 Å². The number of rotatable bonds is 3. The van der Waals surface area contributed by atoms with Crippen molar-refractivity contribution >= 4 is 0 Å². The molecule has 0 aliphatic rings. The lowest BCUT2D eigenvalue weighted by molar-refractivity contribution is 0.527. The van der Waals surface area contributed by atoms with Crippen molar-refractivity contribution in [2.45, 2.75) is 124 Å². The lowest BCUT2D eigenvalue weighted by atomic mass is 9.72. The van der Waals surface area contributed by atoms with E-state index in [-0.39, 0.29) is 21.7 Å². The fourth-order valence-electron chi connectivity index (χ4n) is 4.78. The smallest absolute Gasteiger partial charge is 0.0129 e. The lowest BCUT2D eigenvalue weighted by Crippen LogP contribution is -2.23. The highest BCUT2D eigenvalue weighted by molar-refractivity contribution is 5.45. The summed E-state index contributed by atoms with van der Waals surface area (Å²) in [6, 6.07) is 14.2. The standard InChI is InChI=1S/C31H48/c1-21(22-17-18-26(30(8,9)10)27(20-22)31(11,12)13)19-23-24(28(2,3)4)15-14-16-25(23)29(5,6)7/h14-18,20-21H,19H2,1-13H3. The molecule has 172 valence electrons. The van der Waals surface area contributed by atoms with Crippen LogP contribution in [0.1, 0.15) is 129 Å². The van der Waals surface area contributed by atoms with E-state index in [1.54, 1.807) is 5.56 Å². The van der Waals surface area contributed by atoms with Gasteiger partial charge in [0.15, 0.2) is 0 Å². The second kappa shape index (κ2) is 8.42. The summed E-state index contributed by atoms with van der Waals surface area (Å²) in [5.74, 6) is 0.472. The van der Waals surface area contributed by atoms with E-state index in [0.29, 0.717) is 5.92 Å². The van der Waals surface area contributed by atoms with Crippen LogP contribution in [0.3, 0.4) is 0 Å². The van der Waals surface area contributed by atoms with Crippen LogP contribution >= 0.6 is 0 Å². The first-order chi connectivity index (χ1) is 13.8. The number of hydrogen-bond donors (Lipinski definition) is 0. The molecule has 2 aromatic carbocycles. The van der Waals surface area contributed by atoms with Crippen molar-refractivity contribution in [3.8, 4) is 0 Å². The van der Waals surface area contributed by atoms with Gasteiger partial charge in [-0.2, -0.15) is 0 Å². The van der Waals surface area contributed by atoms with Gasteiger partial charge in [-0.25, -0.2) is 0 Å². The van der Waals surface area contributed by atoms with E-state index >= 15 is 0 Å². The molecule has 0 nitrogen and oxygen atoms in total. The van der Waals surface area contributed by atoms with Crippen LogP contribution in [0.4, 0.5) is 0 Å². The molecule has 1 atom stereocenters. The van der Waals surface area contributed by atoms with Crippen molar-refractivity contribution in [1.29, 1.82) is 0 Å². The van der Waals surface area contributed by atoms with Crippen LogP contribution in [-0.2, 0) is 28.1 Å². The molecule has 0 bridgehead atoms. The molecule has 0 aliphatic carbocycles. The third kappa shape index (κ3) is 6.03. The first-order valence-electron chi connectivity index (χ1n) is 12.1. The lowest BCUT2D eigenvalue weighted by Gasteiger charge is -2.33. The minimum absolute atomic E-state index is 0.137. The Bertz CT molecular complexity index is 867. The quantitative estimate of drug-likeness (QED) is 0.464. The molecule has 31 heavy (non-hydrogen) atoms. The normalized spacial score (nSPS) is 14.6. The molecule has 2 aromatic rings. The summed E-state index contributed by atoms with van der Waals surface area (Å²) in [5, 5.41) is 0. The zero-order valence-electron chi connectivity index (χ0n) is 22.7. The Kier molecular flexibility index (Phi) is 6.98. The summed E-state index contributed by atoms with van der Waals surface area (Å²) in [4.78, 5) is 0. The molecule has 0 saturated heterocycles. The molecule has 0 aromatic heterocycles. The zero-order valence-corrected chi connectivity index (χ0v) is 22.7. The molecule has 0 aliphatic heterocycles. The molecule has 0 saturated carbocycles. The largest absolute Gasteiger partial charge is 0.0617 e. The van der Waals surface area contributed by atoms with Gasteiger partial charge in [-0.3, -0.25) is 0 Å². The van der Waals surface area contributed by atoms with Gasteiger partial charge in [-0.1, -0.05) is 126 Å². The maximum Gasteiger partial charge on any atom is -0.0129 e. The fourth-order valence-corrected chi connectivity index (χ4v) is 4.78. The van der Waals surface area contributed by atoms with Crippen LogP contribution in [-0.4, -0.2) is 0 Å². The topological polar surface area (TPSA) is 0 Å². The van der Waals surface area contributed by atoms with Crippen LogP contribution in [0.25, 0.3) is 0 Å². The summed E-state index contributed by atoms with van der Waals surface area (Å²) in [6.45, 7) is 30.5. The van der Waals surface area contributed by atoms with Gasteiger partial charge in [-0.15, -0.1) is 0 Å². The maximum atomic E-state index is 2.50. The summed E-state index contributed by atoms with van der Waals surface area (Å²) >= 11 is 0. The summed E-state index contributed by atoms with van der Waals surface area (Å²) in [5.41, 5.74) is 9.54. The first kappa shape index (κ1) is 25.7. The molecule has 0 spiro atoms. The van der Waals surface area contributed by atoms with Crippen LogP contribution in [0.5, 0.6) is 0 Å². The molecule has 2 rings (SSSR count). The maximum absolute atomic E-state index is 2.50. The van der Waals surface area contributed by atoms with Gasteiger partial charge in [0.25, 0.3) is 0 Å². The van der Waals surface area contributed by atoms with E-state index in [9.17, 15) is 0 Å². The Hall–Kier alpha value is -1.56. The Morgan fingerprint density at radius 1 is 0.548 bits per heavy atom. The molecule has 0 fully saturated rings. The fraction of sp³-hybridized carbons (Fsp3) is 0.613. The molecule has 0 amide bonds. The van der Waals surface area contributed by atoms with Gasteiger partial charge < -0.3 is 0 Å². The Morgan fingerprint density at radius 2 is 0.968 bits per heavy atom. The predicted molar refractivity (Wildman–Crippen MR) is 140 cm³/mol. The van der Waals surface area contributed by atoms with Crippen molar-refractivity contribution in [3.63, 3.8) is 0 Å². The average molecular weight is 421 g/mol. The minimum Gasteiger partial charge on any atom is -0.0617 e. The van der Waals surface area contributed by atoms with Gasteiger partial charge in [0.1, 0.15) is 0 Å². The molecule has 0 heterocycles. The predicted octanol–water partition coefficient (Wildman–Crippen LogP) is 9.22. The highest BCUT2D eigenvalue weighted by atomic mass is 14.3. The molecule has 0 heteroatoms. The number of hydrogen-bond acceptors (Lipinski definition) is 0. The van der Waals surface area contributed by atoms with E-state index in [1.807, 2.05) is 0 Å². The average Bonchev–Trinajstić information content (AvgIpc) is 2.58. The van der Waals surface area contributed by atoms with Gasteiger partial charge >= 0.3 is 0 Å². The summed E-state index contributed by atoms with van der Waals surface area (Å²) in [7, 11) is 0. The molecule has 1 unspecified atom stereocenters. The van der Waals surface area contributed by atoms with Gasteiger partial charge in [0.05, 0.1) is 0 Å². The molecule has 0 N–H and O–H groups in total. The van der Waals surface area contributed by atoms with Crippen molar-refractivity contribution in [3.05, 3.63) is 69.8 Å². The van der Waals surface area contributed by atoms with Crippen LogP contribution < -0.4 is 0 Å². The Morgan fingerprint density at radius 3 is 1.35 bits per heavy atom. The zero-order chi connectivity index (χ0) is 24.0. The monoisotopic (exact) mass is 420 g/mol. The Labute approximate surface area is 193 Å². The second-order valence-corrected chi connectivity index (χ2v) is 13.7. The Balaban J connectivity index is 2.60. The minimum atomic E-state index is 0.137. The van der Waals surface area contributed by atoms with E-state index < -0.39 is 0 Å². The summed E-state index contributed by atoms with van der Waals surface area (Å²) < 4.78 is 0. The van der Waals surface area contributed by atoms with E-state index in [4.69, 9.17) is 0 Å². The van der Waals surface area contributed by atoms with Crippen molar-refractivity contribution in [2.24, 2.45) is 0 Å². The molecule has 0 radical (unpaired) electrons. The van der Waals surface area contributed by atoms with E-state index in [0.717, 1.165) is 6.42 Å². The highest BCUT2D eigenvalue weighted by Crippen LogP contribution is 2.39. The van der Waals surface area contributed by atoms with Crippen LogP contribution in [0.2, 0.25) is 0 Å². The first-order valence-corrected chi connectivity index (χ1v) is 12.1. The van der Waals surface area contributed by atoms with Crippen molar-refractivity contribution < 1.29 is 0 Å². The second-order valence-electron chi connectivity index (χ2n) is 13.7.